The van der Waals surface area contributed by atoms with Crippen LogP contribution in [-0.2, 0) is 11.2 Å². The van der Waals surface area contributed by atoms with Gasteiger partial charge < -0.3 is 4.74 Å². The fourth-order valence-electron chi connectivity index (χ4n) is 2.04. The van der Waals surface area contributed by atoms with E-state index in [1.54, 1.807) is 0 Å². The van der Waals surface area contributed by atoms with Crippen LogP contribution in [0.1, 0.15) is 44.2 Å². The Bertz CT molecular complexity index is 315. The molecule has 0 spiro atoms. The molecule has 1 aliphatic rings. The summed E-state index contributed by atoms with van der Waals surface area (Å²) in [6.07, 6.45) is 3.28. The first-order chi connectivity index (χ1) is 7.20. The number of hydrogen-bond acceptors (Lipinski definition) is 1. The van der Waals surface area contributed by atoms with Crippen LogP contribution in [0.5, 0.6) is 0 Å². The molecule has 1 saturated heterocycles. The third kappa shape index (κ3) is 2.60. The van der Waals surface area contributed by atoms with Crippen molar-refractivity contribution in [2.24, 2.45) is 0 Å². The molecule has 0 aliphatic carbocycles. The van der Waals surface area contributed by atoms with Crippen LogP contribution < -0.4 is 0 Å². The van der Waals surface area contributed by atoms with Gasteiger partial charge in [0.15, 0.2) is 0 Å². The Morgan fingerprint density at radius 3 is 2.33 bits per heavy atom. The van der Waals surface area contributed by atoms with Crippen molar-refractivity contribution >= 4 is 0 Å². The van der Waals surface area contributed by atoms with Crippen LogP contribution >= 0.6 is 0 Å². The summed E-state index contributed by atoms with van der Waals surface area (Å²) in [5, 5.41) is 0. The topological polar surface area (TPSA) is 12.5 Å². The SMILES string of the molecule is CCc1ccc(C(C)CC2OC2C)cc1. The monoisotopic (exact) mass is 204 g/mol. The normalized spacial score (nSPS) is 26.3. The molecule has 1 fully saturated rings. The molecule has 1 aliphatic heterocycles. The summed E-state index contributed by atoms with van der Waals surface area (Å²) < 4.78 is 5.45. The van der Waals surface area contributed by atoms with E-state index in [9.17, 15) is 0 Å². The molecule has 82 valence electrons. The molecule has 3 unspecified atom stereocenters. The van der Waals surface area contributed by atoms with E-state index in [1.165, 1.54) is 11.1 Å². The summed E-state index contributed by atoms with van der Waals surface area (Å²) in [6, 6.07) is 9.00. The van der Waals surface area contributed by atoms with Crippen molar-refractivity contribution in [2.45, 2.75) is 51.7 Å². The maximum Gasteiger partial charge on any atom is 0.0844 e. The van der Waals surface area contributed by atoms with Crippen LogP contribution in [-0.4, -0.2) is 12.2 Å². The average molecular weight is 204 g/mol. The average Bonchev–Trinajstić information content (AvgIpc) is 2.94. The Labute approximate surface area is 92.5 Å². The van der Waals surface area contributed by atoms with Gasteiger partial charge >= 0.3 is 0 Å². The highest BCUT2D eigenvalue weighted by molar-refractivity contribution is 5.25. The van der Waals surface area contributed by atoms with Crippen LogP contribution in [0.15, 0.2) is 24.3 Å². The second-order valence-electron chi connectivity index (χ2n) is 4.61. The highest BCUT2D eigenvalue weighted by Gasteiger charge is 2.35. The van der Waals surface area contributed by atoms with Gasteiger partial charge in [0.1, 0.15) is 0 Å². The lowest BCUT2D eigenvalue weighted by Crippen LogP contribution is -2.00. The molecule has 3 atom stereocenters. The van der Waals surface area contributed by atoms with Gasteiger partial charge in [0.05, 0.1) is 12.2 Å². The van der Waals surface area contributed by atoms with Gasteiger partial charge in [-0.15, -0.1) is 0 Å². The van der Waals surface area contributed by atoms with E-state index in [0.717, 1.165) is 12.8 Å². The number of aryl methyl sites for hydroxylation is 1. The minimum atomic E-state index is 0.488. The lowest BCUT2D eigenvalue weighted by Gasteiger charge is -2.10. The maximum absolute atomic E-state index is 5.45. The Hall–Kier alpha value is -0.820. The van der Waals surface area contributed by atoms with Crippen LogP contribution in [0.25, 0.3) is 0 Å². The zero-order valence-corrected chi connectivity index (χ0v) is 9.86. The van der Waals surface area contributed by atoms with E-state index in [-0.39, 0.29) is 0 Å². The molecule has 1 nitrogen and oxygen atoms in total. The molecule has 0 N–H and O–H groups in total. The van der Waals surface area contributed by atoms with E-state index < -0.39 is 0 Å². The summed E-state index contributed by atoms with van der Waals surface area (Å²) in [5.41, 5.74) is 2.86. The summed E-state index contributed by atoms with van der Waals surface area (Å²) >= 11 is 0. The zero-order valence-electron chi connectivity index (χ0n) is 9.86. The summed E-state index contributed by atoms with van der Waals surface area (Å²) in [4.78, 5) is 0. The number of ether oxygens (including phenoxy) is 1. The Balaban J connectivity index is 1.95. The standard InChI is InChI=1S/C14H20O/c1-4-12-5-7-13(8-6-12)10(2)9-14-11(3)15-14/h5-8,10-11,14H,4,9H2,1-3H3. The largest absolute Gasteiger partial charge is 0.370 e. The molecule has 0 aromatic heterocycles. The van der Waals surface area contributed by atoms with Crippen molar-refractivity contribution in [3.63, 3.8) is 0 Å². The van der Waals surface area contributed by atoms with Crippen molar-refractivity contribution < 1.29 is 4.74 Å². The Morgan fingerprint density at radius 1 is 1.27 bits per heavy atom. The van der Waals surface area contributed by atoms with Gasteiger partial charge in [0.2, 0.25) is 0 Å². The second kappa shape index (κ2) is 4.36. The molecule has 0 amide bonds. The highest BCUT2D eigenvalue weighted by Crippen LogP contribution is 2.32. The Kier molecular flexibility index (Phi) is 3.11. The first kappa shape index (κ1) is 10.7. The van der Waals surface area contributed by atoms with Crippen molar-refractivity contribution in [3.05, 3.63) is 35.4 Å². The van der Waals surface area contributed by atoms with E-state index in [4.69, 9.17) is 4.74 Å². The van der Waals surface area contributed by atoms with Crippen molar-refractivity contribution in [1.82, 2.24) is 0 Å². The molecular formula is C14H20O. The molecule has 0 saturated carbocycles. The van der Waals surface area contributed by atoms with E-state index >= 15 is 0 Å². The number of benzene rings is 1. The molecule has 0 radical (unpaired) electrons. The molecular weight excluding hydrogens is 184 g/mol. The van der Waals surface area contributed by atoms with Gasteiger partial charge in [0, 0.05) is 0 Å². The molecule has 1 heteroatoms. The quantitative estimate of drug-likeness (QED) is 0.683. The van der Waals surface area contributed by atoms with Gasteiger partial charge in [0.25, 0.3) is 0 Å². The number of hydrogen-bond donors (Lipinski definition) is 0. The summed E-state index contributed by atoms with van der Waals surface area (Å²) in [7, 11) is 0. The van der Waals surface area contributed by atoms with Crippen LogP contribution in [0.4, 0.5) is 0 Å². The van der Waals surface area contributed by atoms with Crippen LogP contribution in [0.2, 0.25) is 0 Å². The van der Waals surface area contributed by atoms with E-state index in [2.05, 4.69) is 45.0 Å². The minimum absolute atomic E-state index is 0.488. The molecule has 1 aromatic carbocycles. The fourth-order valence-corrected chi connectivity index (χ4v) is 2.04. The van der Waals surface area contributed by atoms with Crippen LogP contribution in [0, 0.1) is 0 Å². The summed E-state index contributed by atoms with van der Waals surface area (Å²) in [5.74, 6) is 0.617. The molecule has 0 bridgehead atoms. The first-order valence-corrected chi connectivity index (χ1v) is 5.95. The summed E-state index contributed by atoms with van der Waals surface area (Å²) in [6.45, 7) is 6.63. The third-order valence-corrected chi connectivity index (χ3v) is 3.38. The fraction of sp³-hybridized carbons (Fsp3) is 0.571. The van der Waals surface area contributed by atoms with Crippen molar-refractivity contribution in [3.8, 4) is 0 Å². The van der Waals surface area contributed by atoms with Crippen LogP contribution in [0.3, 0.4) is 0 Å². The van der Waals surface area contributed by atoms with E-state index in [0.29, 0.717) is 18.1 Å². The lowest BCUT2D eigenvalue weighted by atomic mass is 9.94. The maximum atomic E-state index is 5.45. The number of rotatable bonds is 4. The molecule has 2 rings (SSSR count). The predicted octanol–water partition coefficient (Wildman–Crippen LogP) is 3.53. The smallest absolute Gasteiger partial charge is 0.0844 e. The van der Waals surface area contributed by atoms with Gasteiger partial charge in [-0.25, -0.2) is 0 Å². The predicted molar refractivity (Wildman–Crippen MR) is 63.2 cm³/mol. The highest BCUT2D eigenvalue weighted by atomic mass is 16.6. The lowest BCUT2D eigenvalue weighted by molar-refractivity contribution is 0.362. The van der Waals surface area contributed by atoms with Gasteiger partial charge in [-0.1, -0.05) is 38.1 Å². The molecule has 1 aromatic rings. The van der Waals surface area contributed by atoms with Crippen molar-refractivity contribution in [1.29, 1.82) is 0 Å². The molecule has 1 heterocycles. The zero-order chi connectivity index (χ0) is 10.8. The van der Waals surface area contributed by atoms with Gasteiger partial charge in [-0.3, -0.25) is 0 Å². The van der Waals surface area contributed by atoms with Gasteiger partial charge in [-0.05, 0) is 36.8 Å². The van der Waals surface area contributed by atoms with E-state index in [1.807, 2.05) is 0 Å². The number of epoxide rings is 1. The minimum Gasteiger partial charge on any atom is -0.370 e. The third-order valence-electron chi connectivity index (χ3n) is 3.38. The second-order valence-corrected chi connectivity index (χ2v) is 4.61. The molecule has 15 heavy (non-hydrogen) atoms. The van der Waals surface area contributed by atoms with Crippen molar-refractivity contribution in [2.75, 3.05) is 0 Å². The van der Waals surface area contributed by atoms with Gasteiger partial charge in [-0.2, -0.15) is 0 Å². The first-order valence-electron chi connectivity index (χ1n) is 5.95. The Morgan fingerprint density at radius 2 is 1.87 bits per heavy atom.